The van der Waals surface area contributed by atoms with Crippen molar-refractivity contribution < 1.29 is 0 Å². The first-order chi connectivity index (χ1) is 5.35. The van der Waals surface area contributed by atoms with Gasteiger partial charge in [-0.25, -0.2) is 0 Å². The molecule has 2 bridgehead atoms. The Morgan fingerprint density at radius 1 is 1.27 bits per heavy atom. The van der Waals surface area contributed by atoms with E-state index >= 15 is 0 Å². The lowest BCUT2D eigenvalue weighted by Gasteiger charge is -2.44. The molecule has 0 unspecified atom stereocenters. The first kappa shape index (κ1) is 7.70. The summed E-state index contributed by atoms with van der Waals surface area (Å²) in [4.78, 5) is 0. The first-order valence-electron chi connectivity index (χ1n) is 5.21. The molecule has 2 rings (SSSR count). The predicted octanol–water partition coefficient (Wildman–Crippen LogP) is 3.42. The molecule has 61 valence electrons. The normalized spacial score (nSPS) is 43.2. The van der Waals surface area contributed by atoms with Crippen LogP contribution in [0.3, 0.4) is 0 Å². The van der Waals surface area contributed by atoms with Crippen LogP contribution in [-0.4, -0.2) is 7.28 Å². The summed E-state index contributed by atoms with van der Waals surface area (Å²) >= 11 is 0. The molecule has 0 aromatic rings. The highest BCUT2D eigenvalue weighted by Crippen LogP contribution is 2.53. The van der Waals surface area contributed by atoms with Crippen molar-refractivity contribution >= 4 is 7.28 Å². The van der Waals surface area contributed by atoms with Gasteiger partial charge in [0.25, 0.3) is 0 Å². The fraction of sp³-hybridized carbons (Fsp3) is 1.00. The third kappa shape index (κ3) is 1.34. The molecule has 2 fully saturated rings. The molecule has 1 radical (unpaired) electrons. The lowest BCUT2D eigenvalue weighted by atomic mass is 9.35. The van der Waals surface area contributed by atoms with E-state index in [-0.39, 0.29) is 0 Å². The van der Waals surface area contributed by atoms with E-state index < -0.39 is 0 Å². The highest BCUT2D eigenvalue weighted by Gasteiger charge is 2.38. The van der Waals surface area contributed by atoms with Crippen LogP contribution in [0.2, 0.25) is 11.1 Å². The van der Waals surface area contributed by atoms with Crippen LogP contribution in [0.15, 0.2) is 0 Å². The molecule has 2 heterocycles. The van der Waals surface area contributed by atoms with Crippen molar-refractivity contribution in [1.82, 2.24) is 0 Å². The zero-order valence-electron chi connectivity index (χ0n) is 7.60. The molecule has 2 aliphatic rings. The van der Waals surface area contributed by atoms with Crippen LogP contribution in [-0.2, 0) is 0 Å². The van der Waals surface area contributed by atoms with Gasteiger partial charge in [0.05, 0.1) is 0 Å². The third-order valence-corrected chi connectivity index (χ3v) is 3.79. The van der Waals surface area contributed by atoms with Crippen molar-refractivity contribution in [1.29, 1.82) is 0 Å². The van der Waals surface area contributed by atoms with Gasteiger partial charge in [-0.1, -0.05) is 63.0 Å². The molecule has 2 saturated heterocycles. The van der Waals surface area contributed by atoms with E-state index in [4.69, 9.17) is 0 Å². The molecule has 0 N–H and O–H groups in total. The summed E-state index contributed by atoms with van der Waals surface area (Å²) in [7, 11) is 2.69. The standard InChI is InChI=1S/C10H18B/c1-2-10-7-3-5-9(11-10)6-4-8-10/h9H,2-8H2,1H3. The zero-order chi connectivity index (χ0) is 7.73. The molecule has 0 nitrogen and oxygen atoms in total. The summed E-state index contributed by atoms with van der Waals surface area (Å²) in [6.45, 7) is 2.37. The Hall–Kier alpha value is 0.0649. The summed E-state index contributed by atoms with van der Waals surface area (Å²) in [5.74, 6) is 0.998. The van der Waals surface area contributed by atoms with E-state index in [0.717, 1.165) is 5.82 Å². The average Bonchev–Trinajstić information content (AvgIpc) is 2.05. The van der Waals surface area contributed by atoms with Crippen LogP contribution in [0, 0.1) is 0 Å². The van der Waals surface area contributed by atoms with Crippen molar-refractivity contribution in [2.24, 2.45) is 0 Å². The molecular weight excluding hydrogens is 131 g/mol. The fourth-order valence-corrected chi connectivity index (χ4v) is 3.01. The SMILES string of the molecule is CCC12[B]C(CCC1)CCC2. The average molecular weight is 149 g/mol. The quantitative estimate of drug-likeness (QED) is 0.501. The Kier molecular flexibility index (Phi) is 1.99. The van der Waals surface area contributed by atoms with E-state index in [2.05, 4.69) is 14.2 Å². The van der Waals surface area contributed by atoms with E-state index in [1.165, 1.54) is 44.9 Å². The van der Waals surface area contributed by atoms with Crippen molar-refractivity contribution in [2.75, 3.05) is 0 Å². The van der Waals surface area contributed by atoms with Crippen LogP contribution in [0.5, 0.6) is 0 Å². The van der Waals surface area contributed by atoms with Gasteiger partial charge in [-0.15, -0.1) is 0 Å². The van der Waals surface area contributed by atoms with Gasteiger partial charge in [0.2, 0.25) is 0 Å². The van der Waals surface area contributed by atoms with Gasteiger partial charge in [-0.2, -0.15) is 0 Å². The molecule has 1 heteroatoms. The molecule has 0 amide bonds. The van der Waals surface area contributed by atoms with Crippen LogP contribution >= 0.6 is 0 Å². The molecule has 0 spiro atoms. The molecule has 0 aromatic carbocycles. The molecule has 2 aliphatic heterocycles. The predicted molar refractivity (Wildman–Crippen MR) is 50.2 cm³/mol. The van der Waals surface area contributed by atoms with E-state index in [9.17, 15) is 0 Å². The summed E-state index contributed by atoms with van der Waals surface area (Å²) < 4.78 is 0. The van der Waals surface area contributed by atoms with Gasteiger partial charge in [-0.05, 0) is 0 Å². The van der Waals surface area contributed by atoms with Crippen LogP contribution in [0.25, 0.3) is 0 Å². The number of hydrogen-bond donors (Lipinski definition) is 0. The van der Waals surface area contributed by atoms with E-state index in [0.29, 0.717) is 5.31 Å². The molecule has 0 saturated carbocycles. The minimum atomic E-state index is 0.696. The van der Waals surface area contributed by atoms with Crippen molar-refractivity contribution in [2.45, 2.75) is 63.0 Å². The zero-order valence-corrected chi connectivity index (χ0v) is 7.60. The van der Waals surface area contributed by atoms with Gasteiger partial charge in [0, 0.05) is 0 Å². The molecular formula is C10H18B. The summed E-state index contributed by atoms with van der Waals surface area (Å²) in [6, 6.07) is 0. The Morgan fingerprint density at radius 2 is 1.91 bits per heavy atom. The Bertz CT molecular complexity index is 132. The van der Waals surface area contributed by atoms with Gasteiger partial charge in [0.15, 0.2) is 0 Å². The van der Waals surface area contributed by atoms with Crippen molar-refractivity contribution in [3.05, 3.63) is 0 Å². The number of rotatable bonds is 1. The second kappa shape index (κ2) is 2.84. The minimum absolute atomic E-state index is 0.696. The lowest BCUT2D eigenvalue weighted by molar-refractivity contribution is 0.341. The topological polar surface area (TPSA) is 0 Å². The Morgan fingerprint density at radius 3 is 2.36 bits per heavy atom. The highest BCUT2D eigenvalue weighted by molar-refractivity contribution is 6.42. The largest absolute Gasteiger partial charge is 0.122 e. The smallest absolute Gasteiger partial charge is 0.0682 e. The molecule has 11 heavy (non-hydrogen) atoms. The Balaban J connectivity index is 2.07. The van der Waals surface area contributed by atoms with Crippen LogP contribution in [0.4, 0.5) is 0 Å². The second-order valence-corrected chi connectivity index (χ2v) is 4.43. The Labute approximate surface area is 71.0 Å². The summed E-state index contributed by atoms with van der Waals surface area (Å²) in [5.41, 5.74) is 0. The van der Waals surface area contributed by atoms with Gasteiger partial charge >= 0.3 is 0 Å². The monoisotopic (exact) mass is 149 g/mol. The van der Waals surface area contributed by atoms with Crippen molar-refractivity contribution in [3.8, 4) is 0 Å². The van der Waals surface area contributed by atoms with Crippen LogP contribution < -0.4 is 0 Å². The highest BCUT2D eigenvalue weighted by atomic mass is 14.3. The molecule has 0 atom stereocenters. The second-order valence-electron chi connectivity index (χ2n) is 4.43. The molecule has 0 aromatic heterocycles. The van der Waals surface area contributed by atoms with Gasteiger partial charge in [0.1, 0.15) is 7.28 Å². The van der Waals surface area contributed by atoms with Crippen molar-refractivity contribution in [3.63, 3.8) is 0 Å². The third-order valence-electron chi connectivity index (χ3n) is 3.79. The molecule has 0 aliphatic carbocycles. The first-order valence-corrected chi connectivity index (χ1v) is 5.21. The summed E-state index contributed by atoms with van der Waals surface area (Å²) in [5, 5.41) is 0.696. The van der Waals surface area contributed by atoms with Gasteiger partial charge < -0.3 is 0 Å². The minimum Gasteiger partial charge on any atom is -0.0682 e. The lowest BCUT2D eigenvalue weighted by Crippen LogP contribution is -2.31. The fourth-order valence-electron chi connectivity index (χ4n) is 3.01. The summed E-state index contributed by atoms with van der Waals surface area (Å²) in [6.07, 6.45) is 10.3. The van der Waals surface area contributed by atoms with E-state index in [1.807, 2.05) is 0 Å². The van der Waals surface area contributed by atoms with Gasteiger partial charge in [-0.3, -0.25) is 0 Å². The maximum Gasteiger partial charge on any atom is 0.122 e. The maximum atomic E-state index is 2.69. The van der Waals surface area contributed by atoms with E-state index in [1.54, 1.807) is 0 Å². The maximum absolute atomic E-state index is 2.69. The number of hydrogen-bond acceptors (Lipinski definition) is 0. The van der Waals surface area contributed by atoms with Crippen LogP contribution in [0.1, 0.15) is 51.9 Å². The number of fused-ring (bicyclic) bond motifs is 2.